The van der Waals surface area contributed by atoms with Crippen molar-refractivity contribution >= 4 is 0 Å². The topological polar surface area (TPSA) is 41.7 Å². The van der Waals surface area contributed by atoms with Crippen molar-refractivity contribution in [2.75, 3.05) is 46.4 Å². The van der Waals surface area contributed by atoms with Gasteiger partial charge < -0.3 is 15.4 Å². The van der Waals surface area contributed by atoms with E-state index in [0.717, 1.165) is 45.0 Å². The molecule has 0 spiro atoms. The van der Waals surface area contributed by atoms with Crippen LogP contribution in [0.3, 0.4) is 0 Å². The van der Waals surface area contributed by atoms with Gasteiger partial charge in [-0.2, -0.15) is 0 Å². The second kappa shape index (κ2) is 7.62. The molecule has 0 aromatic heterocycles. The largest absolute Gasteiger partial charge is 0.494 e. The lowest BCUT2D eigenvalue weighted by Crippen LogP contribution is -2.47. The Bertz CT molecular complexity index is 402. The highest BCUT2D eigenvalue weighted by Gasteiger charge is 2.22. The third kappa shape index (κ3) is 3.95. The van der Waals surface area contributed by atoms with Gasteiger partial charge in [-0.15, -0.1) is 0 Å². The summed E-state index contributed by atoms with van der Waals surface area (Å²) in [5.74, 6) is 0.955. The van der Waals surface area contributed by atoms with Gasteiger partial charge in [-0.1, -0.05) is 19.1 Å². The van der Waals surface area contributed by atoms with Crippen LogP contribution in [0.1, 0.15) is 24.9 Å². The van der Waals surface area contributed by atoms with Crippen LogP contribution in [0.25, 0.3) is 0 Å². The van der Waals surface area contributed by atoms with Crippen LogP contribution in [0.4, 0.5) is 0 Å². The molecule has 0 bridgehead atoms. The molecule has 0 saturated carbocycles. The first kappa shape index (κ1) is 15.3. The molecule has 112 valence electrons. The van der Waals surface area contributed by atoms with Gasteiger partial charge in [0.2, 0.25) is 0 Å². The summed E-state index contributed by atoms with van der Waals surface area (Å²) < 4.78 is 5.73. The summed E-state index contributed by atoms with van der Waals surface area (Å²) >= 11 is 0. The number of ether oxygens (including phenoxy) is 1. The van der Waals surface area contributed by atoms with E-state index in [1.54, 1.807) is 0 Å². The average Bonchev–Trinajstić information content (AvgIpc) is 2.48. The molecule has 1 atom stereocenters. The quantitative estimate of drug-likeness (QED) is 0.860. The highest BCUT2D eigenvalue weighted by Crippen LogP contribution is 2.24. The number of nitrogens with zero attached hydrogens (tertiary/aromatic N) is 2. The SMILES string of the molecule is CCCOc1cccc(C(CN)N2CCN(C)CC2)c1. The highest BCUT2D eigenvalue weighted by molar-refractivity contribution is 5.31. The van der Waals surface area contributed by atoms with Crippen LogP contribution in [0.5, 0.6) is 5.75 Å². The Labute approximate surface area is 122 Å². The maximum Gasteiger partial charge on any atom is 0.119 e. The van der Waals surface area contributed by atoms with Gasteiger partial charge in [0.25, 0.3) is 0 Å². The van der Waals surface area contributed by atoms with Crippen molar-refractivity contribution in [1.29, 1.82) is 0 Å². The molecular weight excluding hydrogens is 250 g/mol. The minimum atomic E-state index is 0.300. The molecule has 4 nitrogen and oxygen atoms in total. The van der Waals surface area contributed by atoms with Crippen LogP contribution in [0.15, 0.2) is 24.3 Å². The van der Waals surface area contributed by atoms with Crippen molar-refractivity contribution in [3.05, 3.63) is 29.8 Å². The summed E-state index contributed by atoms with van der Waals surface area (Å²) in [6.45, 7) is 7.94. The Hall–Kier alpha value is -1.10. The number of rotatable bonds is 6. The summed E-state index contributed by atoms with van der Waals surface area (Å²) in [4.78, 5) is 4.85. The second-order valence-electron chi connectivity index (χ2n) is 5.51. The highest BCUT2D eigenvalue weighted by atomic mass is 16.5. The number of hydrogen-bond acceptors (Lipinski definition) is 4. The van der Waals surface area contributed by atoms with Gasteiger partial charge in [-0.3, -0.25) is 4.90 Å². The molecule has 2 rings (SSSR count). The van der Waals surface area contributed by atoms with Crippen molar-refractivity contribution in [2.45, 2.75) is 19.4 Å². The zero-order valence-electron chi connectivity index (χ0n) is 12.7. The number of likely N-dealkylation sites (N-methyl/N-ethyl adjacent to an activating group) is 1. The molecule has 1 unspecified atom stereocenters. The Kier molecular flexibility index (Phi) is 5.83. The van der Waals surface area contributed by atoms with Gasteiger partial charge in [0.1, 0.15) is 5.75 Å². The van der Waals surface area contributed by atoms with Crippen LogP contribution in [-0.4, -0.2) is 56.2 Å². The Morgan fingerprint density at radius 2 is 2.00 bits per heavy atom. The van der Waals surface area contributed by atoms with Gasteiger partial charge in [-0.05, 0) is 31.2 Å². The monoisotopic (exact) mass is 277 g/mol. The van der Waals surface area contributed by atoms with E-state index in [0.29, 0.717) is 12.6 Å². The number of hydrogen-bond donors (Lipinski definition) is 1. The molecule has 1 fully saturated rings. The maximum atomic E-state index is 6.02. The Morgan fingerprint density at radius 1 is 1.25 bits per heavy atom. The first-order valence-corrected chi connectivity index (χ1v) is 7.60. The predicted molar refractivity (Wildman–Crippen MR) is 83.1 cm³/mol. The fourth-order valence-corrected chi connectivity index (χ4v) is 2.66. The Balaban J connectivity index is 2.06. The third-order valence-electron chi connectivity index (χ3n) is 3.92. The maximum absolute atomic E-state index is 6.02. The second-order valence-corrected chi connectivity index (χ2v) is 5.51. The summed E-state index contributed by atoms with van der Waals surface area (Å²) in [5.41, 5.74) is 7.29. The minimum absolute atomic E-state index is 0.300. The van der Waals surface area contributed by atoms with Gasteiger partial charge in [-0.25, -0.2) is 0 Å². The molecule has 1 saturated heterocycles. The van der Waals surface area contributed by atoms with Crippen LogP contribution in [0.2, 0.25) is 0 Å². The normalized spacial score (nSPS) is 18.9. The molecule has 0 amide bonds. The lowest BCUT2D eigenvalue weighted by molar-refractivity contribution is 0.114. The molecule has 0 radical (unpaired) electrons. The Morgan fingerprint density at radius 3 is 2.65 bits per heavy atom. The zero-order valence-corrected chi connectivity index (χ0v) is 12.7. The number of nitrogens with two attached hydrogens (primary N) is 1. The van der Waals surface area contributed by atoms with E-state index in [2.05, 4.69) is 42.0 Å². The summed E-state index contributed by atoms with van der Waals surface area (Å²) in [5, 5.41) is 0. The zero-order chi connectivity index (χ0) is 14.4. The predicted octanol–water partition coefficient (Wildman–Crippen LogP) is 1.72. The number of piperazine rings is 1. The molecule has 2 N–H and O–H groups in total. The summed E-state index contributed by atoms with van der Waals surface area (Å²) in [7, 11) is 2.17. The van der Waals surface area contributed by atoms with Crippen LogP contribution in [0, 0.1) is 0 Å². The van der Waals surface area contributed by atoms with Crippen molar-refractivity contribution in [2.24, 2.45) is 5.73 Å². The van der Waals surface area contributed by atoms with Crippen LogP contribution >= 0.6 is 0 Å². The molecule has 4 heteroatoms. The molecular formula is C16H27N3O. The third-order valence-corrected chi connectivity index (χ3v) is 3.92. The van der Waals surface area contributed by atoms with E-state index in [1.165, 1.54) is 5.56 Å². The van der Waals surface area contributed by atoms with Gasteiger partial charge in [0.15, 0.2) is 0 Å². The number of benzene rings is 1. The van der Waals surface area contributed by atoms with Crippen LogP contribution < -0.4 is 10.5 Å². The van der Waals surface area contributed by atoms with Crippen molar-refractivity contribution in [3.8, 4) is 5.75 Å². The van der Waals surface area contributed by atoms with Crippen molar-refractivity contribution in [3.63, 3.8) is 0 Å². The van der Waals surface area contributed by atoms with E-state index in [4.69, 9.17) is 10.5 Å². The molecule has 1 aliphatic heterocycles. The van der Waals surface area contributed by atoms with E-state index in [9.17, 15) is 0 Å². The average molecular weight is 277 g/mol. The fraction of sp³-hybridized carbons (Fsp3) is 0.625. The van der Waals surface area contributed by atoms with E-state index in [-0.39, 0.29) is 0 Å². The van der Waals surface area contributed by atoms with E-state index >= 15 is 0 Å². The standard InChI is InChI=1S/C16H27N3O/c1-3-11-20-15-6-4-5-14(12-15)16(13-17)19-9-7-18(2)8-10-19/h4-6,12,16H,3,7-11,13,17H2,1-2H3. The first-order valence-electron chi connectivity index (χ1n) is 7.60. The molecule has 1 heterocycles. The first-order chi connectivity index (χ1) is 9.74. The van der Waals surface area contributed by atoms with E-state index < -0.39 is 0 Å². The van der Waals surface area contributed by atoms with Gasteiger partial charge in [0.05, 0.1) is 6.61 Å². The van der Waals surface area contributed by atoms with Gasteiger partial charge in [0, 0.05) is 38.8 Å². The van der Waals surface area contributed by atoms with Gasteiger partial charge >= 0.3 is 0 Å². The summed E-state index contributed by atoms with van der Waals surface area (Å²) in [6, 6.07) is 8.70. The fourth-order valence-electron chi connectivity index (χ4n) is 2.66. The molecule has 0 aliphatic carbocycles. The van der Waals surface area contributed by atoms with E-state index in [1.807, 2.05) is 6.07 Å². The lowest BCUT2D eigenvalue weighted by atomic mass is 10.0. The smallest absolute Gasteiger partial charge is 0.119 e. The molecule has 1 aliphatic rings. The molecule has 1 aromatic rings. The van der Waals surface area contributed by atoms with Crippen LogP contribution in [-0.2, 0) is 0 Å². The minimum Gasteiger partial charge on any atom is -0.494 e. The van der Waals surface area contributed by atoms with Crippen molar-refractivity contribution < 1.29 is 4.74 Å². The summed E-state index contributed by atoms with van der Waals surface area (Å²) in [6.07, 6.45) is 1.03. The van der Waals surface area contributed by atoms with Crippen molar-refractivity contribution in [1.82, 2.24) is 9.80 Å². The lowest BCUT2D eigenvalue weighted by Gasteiger charge is -2.37. The molecule has 1 aromatic carbocycles. The molecule has 20 heavy (non-hydrogen) atoms.